The minimum absolute atomic E-state index is 0.0144. The number of sulfone groups is 1. The number of thioether (sulfide) groups is 1. The lowest BCUT2D eigenvalue weighted by Gasteiger charge is -2.24. The number of benzene rings is 1. The molecule has 2 fully saturated rings. The van der Waals surface area contributed by atoms with Gasteiger partial charge in [-0.15, -0.1) is 0 Å². The standard InChI is InChI=1S/C15H15ClN2O5S2/c16-9-2-1-3-10(6-9)18-11-7-25(22,23)8-12(11)24-15(18)17-13(19)4-5-14(20)21/h1-3,6,11-12H,4-5,7-8H2,(H,20,21). The summed E-state index contributed by atoms with van der Waals surface area (Å²) in [6.45, 7) is 0. The molecule has 2 atom stereocenters. The Morgan fingerprint density at radius 2 is 2.08 bits per heavy atom. The first-order valence-corrected chi connectivity index (χ1v) is 10.6. The molecule has 2 saturated heterocycles. The van der Waals surface area contributed by atoms with E-state index in [4.69, 9.17) is 16.7 Å². The van der Waals surface area contributed by atoms with Gasteiger partial charge in [0.1, 0.15) is 0 Å². The van der Waals surface area contributed by atoms with Crippen LogP contribution < -0.4 is 4.90 Å². The van der Waals surface area contributed by atoms with Crippen LogP contribution in [0.3, 0.4) is 0 Å². The summed E-state index contributed by atoms with van der Waals surface area (Å²) in [7, 11) is -3.14. The van der Waals surface area contributed by atoms with Gasteiger partial charge in [-0.2, -0.15) is 4.99 Å². The fourth-order valence-corrected chi connectivity index (χ4v) is 6.98. The number of carbonyl (C=O) groups is 2. The maximum absolute atomic E-state index is 12.0. The van der Waals surface area contributed by atoms with Gasteiger partial charge in [-0.3, -0.25) is 9.59 Å². The van der Waals surface area contributed by atoms with Crippen LogP contribution in [0, 0.1) is 0 Å². The second-order valence-corrected chi connectivity index (χ2v) is 9.63. The number of aliphatic carboxylic acids is 1. The van der Waals surface area contributed by atoms with E-state index < -0.39 is 21.7 Å². The first-order chi connectivity index (χ1) is 11.7. The van der Waals surface area contributed by atoms with Crippen molar-refractivity contribution in [3.8, 4) is 0 Å². The molecule has 134 valence electrons. The molecular weight excluding hydrogens is 388 g/mol. The van der Waals surface area contributed by atoms with Crippen LogP contribution >= 0.6 is 23.4 Å². The molecule has 0 saturated carbocycles. The molecule has 2 heterocycles. The number of nitrogens with zero attached hydrogens (tertiary/aromatic N) is 2. The quantitative estimate of drug-likeness (QED) is 0.818. The predicted octanol–water partition coefficient (Wildman–Crippen LogP) is 1.81. The van der Waals surface area contributed by atoms with Gasteiger partial charge in [-0.1, -0.05) is 29.4 Å². The van der Waals surface area contributed by atoms with Crippen LogP contribution in [-0.2, 0) is 19.4 Å². The molecule has 2 unspecified atom stereocenters. The highest BCUT2D eigenvalue weighted by Gasteiger charge is 2.49. The van der Waals surface area contributed by atoms with Gasteiger partial charge < -0.3 is 10.0 Å². The number of halogens is 1. The van der Waals surface area contributed by atoms with E-state index in [0.717, 1.165) is 0 Å². The molecule has 3 rings (SSSR count). The zero-order chi connectivity index (χ0) is 18.2. The maximum Gasteiger partial charge on any atom is 0.303 e. The highest BCUT2D eigenvalue weighted by molar-refractivity contribution is 8.16. The van der Waals surface area contributed by atoms with Gasteiger partial charge in [-0.05, 0) is 18.2 Å². The van der Waals surface area contributed by atoms with Crippen LogP contribution in [0.1, 0.15) is 12.8 Å². The summed E-state index contributed by atoms with van der Waals surface area (Å²) in [6, 6.07) is 6.58. The second kappa shape index (κ2) is 6.97. The molecule has 0 aromatic heterocycles. The van der Waals surface area contributed by atoms with Crippen LogP contribution in [0.2, 0.25) is 5.02 Å². The van der Waals surface area contributed by atoms with Gasteiger partial charge in [0.15, 0.2) is 15.0 Å². The number of aliphatic imine (C=N–C) groups is 1. The van der Waals surface area contributed by atoms with Gasteiger partial charge in [0.05, 0.1) is 24.0 Å². The normalized spacial score (nSPS) is 26.0. The van der Waals surface area contributed by atoms with E-state index in [2.05, 4.69) is 4.99 Å². The van der Waals surface area contributed by atoms with E-state index in [-0.39, 0.29) is 35.6 Å². The van der Waals surface area contributed by atoms with E-state index in [9.17, 15) is 18.0 Å². The Morgan fingerprint density at radius 3 is 2.76 bits per heavy atom. The molecule has 7 nitrogen and oxygen atoms in total. The van der Waals surface area contributed by atoms with Crippen molar-refractivity contribution in [3.63, 3.8) is 0 Å². The van der Waals surface area contributed by atoms with Crippen molar-refractivity contribution in [1.29, 1.82) is 0 Å². The molecule has 2 aliphatic heterocycles. The molecular formula is C15H15ClN2O5S2. The van der Waals surface area contributed by atoms with Crippen molar-refractivity contribution in [2.75, 3.05) is 16.4 Å². The predicted molar refractivity (Wildman–Crippen MR) is 97.1 cm³/mol. The third kappa shape index (κ3) is 4.16. The summed E-state index contributed by atoms with van der Waals surface area (Å²) in [5.41, 5.74) is 0.661. The summed E-state index contributed by atoms with van der Waals surface area (Å²) in [5.74, 6) is -1.59. The number of carboxylic acid groups (broad SMARTS) is 1. The van der Waals surface area contributed by atoms with E-state index in [1.807, 2.05) is 0 Å². The number of hydrogen-bond donors (Lipinski definition) is 1. The lowest BCUT2D eigenvalue weighted by Crippen LogP contribution is -2.37. The van der Waals surface area contributed by atoms with Gasteiger partial charge in [0, 0.05) is 22.4 Å². The van der Waals surface area contributed by atoms with Crippen LogP contribution in [0.15, 0.2) is 29.3 Å². The number of amidine groups is 1. The van der Waals surface area contributed by atoms with Gasteiger partial charge in [0.2, 0.25) is 5.91 Å². The SMILES string of the molecule is O=C(O)CCC(=O)N=C1SC2CS(=O)(=O)CC2N1c1cccc(Cl)c1. The minimum atomic E-state index is -3.14. The Hall–Kier alpha value is -1.58. The first kappa shape index (κ1) is 18.2. The Morgan fingerprint density at radius 1 is 1.32 bits per heavy atom. The third-order valence-corrected chi connectivity index (χ3v) is 7.37. The molecule has 25 heavy (non-hydrogen) atoms. The molecule has 0 spiro atoms. The highest BCUT2D eigenvalue weighted by Crippen LogP contribution is 2.41. The molecule has 0 radical (unpaired) electrons. The molecule has 1 aromatic rings. The van der Waals surface area contributed by atoms with Crippen molar-refractivity contribution >= 4 is 55.9 Å². The van der Waals surface area contributed by atoms with Gasteiger partial charge in [0.25, 0.3) is 0 Å². The average molecular weight is 403 g/mol. The number of anilines is 1. The fourth-order valence-electron chi connectivity index (χ4n) is 2.87. The zero-order valence-electron chi connectivity index (χ0n) is 13.0. The molecule has 1 amide bonds. The Labute approximate surface area is 154 Å². The monoisotopic (exact) mass is 402 g/mol. The van der Waals surface area contributed by atoms with Crippen molar-refractivity contribution in [1.82, 2.24) is 0 Å². The average Bonchev–Trinajstić information content (AvgIpc) is 2.96. The van der Waals surface area contributed by atoms with Crippen molar-refractivity contribution in [3.05, 3.63) is 29.3 Å². The van der Waals surface area contributed by atoms with Crippen LogP contribution in [0.5, 0.6) is 0 Å². The molecule has 0 bridgehead atoms. The summed E-state index contributed by atoms with van der Waals surface area (Å²) in [5, 5.41) is 9.34. The summed E-state index contributed by atoms with van der Waals surface area (Å²) in [6.07, 6.45) is -0.491. The molecule has 2 aliphatic rings. The maximum atomic E-state index is 12.0. The van der Waals surface area contributed by atoms with E-state index in [1.165, 1.54) is 11.8 Å². The molecule has 1 aromatic carbocycles. The largest absolute Gasteiger partial charge is 0.481 e. The highest BCUT2D eigenvalue weighted by atomic mass is 35.5. The summed E-state index contributed by atoms with van der Waals surface area (Å²) in [4.78, 5) is 28.3. The van der Waals surface area contributed by atoms with Crippen molar-refractivity contribution in [2.24, 2.45) is 4.99 Å². The van der Waals surface area contributed by atoms with Crippen molar-refractivity contribution < 1.29 is 23.1 Å². The third-order valence-electron chi connectivity index (χ3n) is 3.93. The van der Waals surface area contributed by atoms with Crippen LogP contribution in [0.4, 0.5) is 5.69 Å². The lowest BCUT2D eigenvalue weighted by molar-refractivity contribution is -0.138. The zero-order valence-corrected chi connectivity index (χ0v) is 15.4. The van der Waals surface area contributed by atoms with Crippen LogP contribution in [0.25, 0.3) is 0 Å². The number of amides is 1. The van der Waals surface area contributed by atoms with Gasteiger partial charge in [-0.25, -0.2) is 8.42 Å². The van der Waals surface area contributed by atoms with Crippen LogP contribution in [-0.4, -0.2) is 53.4 Å². The smallest absolute Gasteiger partial charge is 0.303 e. The van der Waals surface area contributed by atoms with E-state index in [0.29, 0.717) is 15.9 Å². The second-order valence-electron chi connectivity index (χ2n) is 5.83. The van der Waals surface area contributed by atoms with Gasteiger partial charge >= 0.3 is 5.97 Å². The first-order valence-electron chi connectivity index (χ1n) is 7.50. The Balaban J connectivity index is 1.92. The minimum Gasteiger partial charge on any atom is -0.481 e. The Kier molecular flexibility index (Phi) is 5.08. The number of carboxylic acids is 1. The fraction of sp³-hybridized carbons (Fsp3) is 0.400. The van der Waals surface area contributed by atoms with E-state index >= 15 is 0 Å². The lowest BCUT2D eigenvalue weighted by atomic mass is 10.2. The number of hydrogen-bond acceptors (Lipinski definition) is 5. The number of fused-ring (bicyclic) bond motifs is 1. The number of rotatable bonds is 4. The molecule has 1 N–H and O–H groups in total. The number of carbonyl (C=O) groups excluding carboxylic acids is 1. The topological polar surface area (TPSA) is 104 Å². The molecule has 0 aliphatic carbocycles. The summed E-state index contributed by atoms with van der Waals surface area (Å²) >= 11 is 7.28. The van der Waals surface area contributed by atoms with E-state index in [1.54, 1.807) is 29.2 Å². The summed E-state index contributed by atoms with van der Waals surface area (Å²) < 4.78 is 23.9. The molecule has 10 heteroatoms. The van der Waals surface area contributed by atoms with Crippen molar-refractivity contribution in [2.45, 2.75) is 24.1 Å². The Bertz CT molecular complexity index is 855.